The maximum Gasteiger partial charge on any atom is 0.260 e. The summed E-state index contributed by atoms with van der Waals surface area (Å²) in [6, 6.07) is 7.26. The Morgan fingerprint density at radius 3 is 2.81 bits per heavy atom. The Kier molecular flexibility index (Phi) is 4.84. The summed E-state index contributed by atoms with van der Waals surface area (Å²) in [6.45, 7) is 0.811. The lowest BCUT2D eigenvalue weighted by atomic mass is 10.1. The van der Waals surface area contributed by atoms with Crippen LogP contribution in [0, 0.1) is 17.5 Å². The predicted octanol–water partition coefficient (Wildman–Crippen LogP) is 4.54. The van der Waals surface area contributed by atoms with Gasteiger partial charge in [-0.15, -0.1) is 0 Å². The number of rotatable bonds is 4. The standard InChI is InChI=1S/C19H15F3N2O2S/c20-12-4-1-3-11(7-12)18(25)24(10-14-5-2-6-26-14)19-23-17-15(22)8-13(21)9-16(17)27-19/h1,3-4,7-9,14H,2,5-6,10H2. The van der Waals surface area contributed by atoms with Crippen LogP contribution in [0.3, 0.4) is 0 Å². The van der Waals surface area contributed by atoms with E-state index in [0.29, 0.717) is 11.3 Å². The second kappa shape index (κ2) is 7.28. The summed E-state index contributed by atoms with van der Waals surface area (Å²) < 4.78 is 47.0. The van der Waals surface area contributed by atoms with E-state index in [-0.39, 0.29) is 28.9 Å². The summed E-state index contributed by atoms with van der Waals surface area (Å²) >= 11 is 1.01. The van der Waals surface area contributed by atoms with Gasteiger partial charge < -0.3 is 4.74 Å². The Labute approximate surface area is 157 Å². The molecular formula is C19H15F3N2O2S. The van der Waals surface area contributed by atoms with Crippen LogP contribution >= 0.6 is 11.3 Å². The average molecular weight is 392 g/mol. The minimum absolute atomic E-state index is 0.000725. The first-order chi connectivity index (χ1) is 13.0. The molecule has 1 atom stereocenters. The highest BCUT2D eigenvalue weighted by Gasteiger charge is 2.27. The van der Waals surface area contributed by atoms with Crippen molar-refractivity contribution in [3.8, 4) is 0 Å². The Balaban J connectivity index is 1.75. The van der Waals surface area contributed by atoms with Crippen LogP contribution in [0.1, 0.15) is 23.2 Å². The van der Waals surface area contributed by atoms with Gasteiger partial charge in [0.15, 0.2) is 10.9 Å². The Morgan fingerprint density at radius 2 is 2.07 bits per heavy atom. The van der Waals surface area contributed by atoms with Gasteiger partial charge in [0.1, 0.15) is 17.2 Å². The molecule has 2 aromatic carbocycles. The van der Waals surface area contributed by atoms with Crippen LogP contribution < -0.4 is 4.90 Å². The molecule has 0 N–H and O–H groups in total. The molecule has 8 heteroatoms. The van der Waals surface area contributed by atoms with Gasteiger partial charge >= 0.3 is 0 Å². The quantitative estimate of drug-likeness (QED) is 0.655. The average Bonchev–Trinajstić information content (AvgIpc) is 3.28. The largest absolute Gasteiger partial charge is 0.376 e. The Hall–Kier alpha value is -2.45. The van der Waals surface area contributed by atoms with Crippen LogP contribution in [-0.2, 0) is 4.74 Å². The van der Waals surface area contributed by atoms with E-state index in [9.17, 15) is 18.0 Å². The molecule has 140 valence electrons. The third kappa shape index (κ3) is 3.68. The molecule has 0 bridgehead atoms. The maximum atomic E-state index is 14.0. The zero-order valence-electron chi connectivity index (χ0n) is 14.1. The molecule has 2 heterocycles. The number of hydrogen-bond donors (Lipinski definition) is 0. The molecule has 27 heavy (non-hydrogen) atoms. The lowest BCUT2D eigenvalue weighted by Gasteiger charge is -2.23. The van der Waals surface area contributed by atoms with Crippen molar-refractivity contribution in [3.63, 3.8) is 0 Å². The minimum Gasteiger partial charge on any atom is -0.376 e. The van der Waals surface area contributed by atoms with E-state index >= 15 is 0 Å². The predicted molar refractivity (Wildman–Crippen MR) is 96.6 cm³/mol. The lowest BCUT2D eigenvalue weighted by Crippen LogP contribution is -2.37. The van der Waals surface area contributed by atoms with Gasteiger partial charge in [-0.2, -0.15) is 0 Å². The van der Waals surface area contributed by atoms with Gasteiger partial charge in [0, 0.05) is 18.2 Å². The minimum atomic E-state index is -0.789. The summed E-state index contributed by atoms with van der Waals surface area (Å²) in [6.07, 6.45) is 1.48. The van der Waals surface area contributed by atoms with Gasteiger partial charge in [0.05, 0.1) is 17.3 Å². The molecule has 4 rings (SSSR count). The molecule has 4 nitrogen and oxygen atoms in total. The number of halogens is 3. The SMILES string of the molecule is O=C(c1cccc(F)c1)N(CC1CCCO1)c1nc2c(F)cc(F)cc2s1. The number of fused-ring (bicyclic) bond motifs is 1. The fourth-order valence-corrected chi connectivity index (χ4v) is 4.09. The van der Waals surface area contributed by atoms with Crippen molar-refractivity contribution in [1.82, 2.24) is 4.98 Å². The van der Waals surface area contributed by atoms with Crippen LogP contribution in [0.5, 0.6) is 0 Å². The van der Waals surface area contributed by atoms with E-state index in [1.54, 1.807) is 0 Å². The molecule has 0 spiro atoms. The summed E-state index contributed by atoms with van der Waals surface area (Å²) in [4.78, 5) is 18.6. The molecule has 0 aliphatic carbocycles. The molecule has 1 unspecified atom stereocenters. The van der Waals surface area contributed by atoms with Crippen LogP contribution in [0.25, 0.3) is 10.2 Å². The normalized spacial score (nSPS) is 16.8. The zero-order valence-corrected chi connectivity index (χ0v) is 14.9. The molecule has 0 saturated carbocycles. The number of carbonyl (C=O) groups excluding carboxylic acids is 1. The molecule has 0 radical (unpaired) electrons. The first kappa shape index (κ1) is 17.9. The van der Waals surface area contributed by atoms with Crippen LogP contribution in [0.2, 0.25) is 0 Å². The van der Waals surface area contributed by atoms with Crippen molar-refractivity contribution in [2.75, 3.05) is 18.1 Å². The van der Waals surface area contributed by atoms with E-state index in [0.717, 1.165) is 36.3 Å². The number of thiazole rings is 1. The molecule has 1 aromatic heterocycles. The number of nitrogens with zero attached hydrogens (tertiary/aromatic N) is 2. The lowest BCUT2D eigenvalue weighted by molar-refractivity contribution is 0.0917. The number of anilines is 1. The number of carbonyl (C=O) groups is 1. The van der Waals surface area contributed by atoms with Crippen molar-refractivity contribution in [2.45, 2.75) is 18.9 Å². The zero-order chi connectivity index (χ0) is 19.0. The van der Waals surface area contributed by atoms with Crippen molar-refractivity contribution >= 4 is 32.6 Å². The van der Waals surface area contributed by atoms with Gasteiger partial charge in [-0.3, -0.25) is 9.69 Å². The highest BCUT2D eigenvalue weighted by Crippen LogP contribution is 2.32. The van der Waals surface area contributed by atoms with E-state index in [1.807, 2.05) is 0 Å². The number of ether oxygens (including phenoxy) is 1. The Bertz CT molecular complexity index is 1000. The topological polar surface area (TPSA) is 42.4 Å². The van der Waals surface area contributed by atoms with Gasteiger partial charge in [-0.05, 0) is 37.1 Å². The third-order valence-electron chi connectivity index (χ3n) is 4.36. The van der Waals surface area contributed by atoms with Crippen LogP contribution in [0.4, 0.5) is 18.3 Å². The third-order valence-corrected chi connectivity index (χ3v) is 5.39. The van der Waals surface area contributed by atoms with Crippen molar-refractivity contribution < 1.29 is 22.7 Å². The fraction of sp³-hybridized carbons (Fsp3) is 0.263. The van der Waals surface area contributed by atoms with Gasteiger partial charge in [-0.25, -0.2) is 18.2 Å². The second-order valence-electron chi connectivity index (χ2n) is 6.29. The highest BCUT2D eigenvalue weighted by molar-refractivity contribution is 7.22. The van der Waals surface area contributed by atoms with Crippen molar-refractivity contribution in [2.24, 2.45) is 0 Å². The summed E-state index contributed by atoms with van der Waals surface area (Å²) in [5.41, 5.74) is 0.152. The molecule has 1 aliphatic heterocycles. The molecule has 1 fully saturated rings. The molecule has 3 aromatic rings. The first-order valence-corrected chi connectivity index (χ1v) is 9.27. The van der Waals surface area contributed by atoms with Gasteiger partial charge in [0.2, 0.25) is 0 Å². The van der Waals surface area contributed by atoms with E-state index < -0.39 is 23.4 Å². The van der Waals surface area contributed by atoms with E-state index in [1.165, 1.54) is 29.2 Å². The van der Waals surface area contributed by atoms with Crippen LogP contribution in [-0.4, -0.2) is 30.1 Å². The molecular weight excluding hydrogens is 377 g/mol. The van der Waals surface area contributed by atoms with Gasteiger partial charge in [-0.1, -0.05) is 17.4 Å². The Morgan fingerprint density at radius 1 is 1.22 bits per heavy atom. The number of benzene rings is 2. The van der Waals surface area contributed by atoms with Gasteiger partial charge in [0.25, 0.3) is 5.91 Å². The fourth-order valence-electron chi connectivity index (χ4n) is 3.08. The van der Waals surface area contributed by atoms with E-state index in [2.05, 4.69) is 4.98 Å². The molecule has 1 aliphatic rings. The summed E-state index contributed by atoms with van der Waals surface area (Å²) in [5.74, 6) is -2.50. The summed E-state index contributed by atoms with van der Waals surface area (Å²) in [5, 5.41) is 0.222. The second-order valence-corrected chi connectivity index (χ2v) is 7.30. The summed E-state index contributed by atoms with van der Waals surface area (Å²) in [7, 11) is 0. The van der Waals surface area contributed by atoms with E-state index in [4.69, 9.17) is 4.74 Å². The maximum absolute atomic E-state index is 14.0. The number of amides is 1. The number of aromatic nitrogens is 1. The van der Waals surface area contributed by atoms with Crippen LogP contribution in [0.15, 0.2) is 36.4 Å². The van der Waals surface area contributed by atoms with Crippen molar-refractivity contribution in [1.29, 1.82) is 0 Å². The highest BCUT2D eigenvalue weighted by atomic mass is 32.1. The first-order valence-electron chi connectivity index (χ1n) is 8.46. The number of hydrogen-bond acceptors (Lipinski definition) is 4. The molecule has 1 saturated heterocycles. The monoisotopic (exact) mass is 392 g/mol. The molecule has 1 amide bonds. The van der Waals surface area contributed by atoms with Crippen molar-refractivity contribution in [3.05, 3.63) is 59.4 Å². The smallest absolute Gasteiger partial charge is 0.260 e.